The van der Waals surface area contributed by atoms with E-state index in [1.54, 1.807) is 18.2 Å². The first kappa shape index (κ1) is 18.6. The minimum Gasteiger partial charge on any atom is -0.493 e. The summed E-state index contributed by atoms with van der Waals surface area (Å²) in [5.41, 5.74) is 1.53. The number of amides is 1. The van der Waals surface area contributed by atoms with Gasteiger partial charge in [0, 0.05) is 11.8 Å². The maximum atomic E-state index is 12.2. The molecule has 1 atom stereocenters. The first-order valence-corrected chi connectivity index (χ1v) is 8.61. The normalized spacial score (nSPS) is 13.0. The van der Waals surface area contributed by atoms with Crippen molar-refractivity contribution >= 4 is 17.6 Å². The molecule has 2 aromatic carbocycles. The van der Waals surface area contributed by atoms with Crippen molar-refractivity contribution in [1.82, 2.24) is 0 Å². The van der Waals surface area contributed by atoms with Gasteiger partial charge in [-0.25, -0.2) is 0 Å². The van der Waals surface area contributed by atoms with E-state index in [0.29, 0.717) is 17.2 Å². The van der Waals surface area contributed by atoms with Crippen LogP contribution < -0.4 is 19.5 Å². The van der Waals surface area contributed by atoms with Crippen LogP contribution in [0.25, 0.3) is 0 Å². The Kier molecular flexibility index (Phi) is 5.80. The number of para-hydroxylation sites is 1. The van der Waals surface area contributed by atoms with Crippen LogP contribution in [-0.4, -0.2) is 31.4 Å². The lowest BCUT2D eigenvalue weighted by atomic mass is 10.2. The number of ether oxygens (including phenoxy) is 4. The van der Waals surface area contributed by atoms with E-state index in [4.69, 9.17) is 18.9 Å². The van der Waals surface area contributed by atoms with Crippen molar-refractivity contribution in [2.45, 2.75) is 26.4 Å². The molecule has 142 valence electrons. The Morgan fingerprint density at radius 2 is 1.93 bits per heavy atom. The summed E-state index contributed by atoms with van der Waals surface area (Å²) in [7, 11) is 0. The molecule has 0 unspecified atom stereocenters. The number of anilines is 1. The fourth-order valence-corrected chi connectivity index (χ4v) is 2.49. The van der Waals surface area contributed by atoms with E-state index in [0.717, 1.165) is 11.3 Å². The van der Waals surface area contributed by atoms with E-state index in [2.05, 4.69) is 5.32 Å². The molecule has 0 radical (unpaired) electrons. The zero-order valence-corrected chi connectivity index (χ0v) is 15.2. The third-order valence-electron chi connectivity index (χ3n) is 3.97. The maximum absolute atomic E-state index is 12.2. The molecule has 7 nitrogen and oxygen atoms in total. The van der Waals surface area contributed by atoms with Crippen molar-refractivity contribution in [1.29, 1.82) is 0 Å². The molecule has 0 aliphatic carbocycles. The molecule has 0 saturated carbocycles. The molecule has 0 bridgehead atoms. The van der Waals surface area contributed by atoms with E-state index < -0.39 is 18.0 Å². The molecule has 0 aromatic heterocycles. The molecule has 2 aromatic rings. The second kappa shape index (κ2) is 8.44. The summed E-state index contributed by atoms with van der Waals surface area (Å²) in [6, 6.07) is 12.6. The van der Waals surface area contributed by atoms with Crippen molar-refractivity contribution < 1.29 is 28.5 Å². The SMILES string of the molecule is Cc1ccccc1OCCC(=O)O[C@@H](C)C(=O)Nc1ccc2c(c1)OCO2. The van der Waals surface area contributed by atoms with Gasteiger partial charge in [-0.3, -0.25) is 9.59 Å². The number of fused-ring (bicyclic) bond motifs is 1. The number of rotatable bonds is 7. The highest BCUT2D eigenvalue weighted by Crippen LogP contribution is 2.34. The van der Waals surface area contributed by atoms with E-state index in [1.165, 1.54) is 6.92 Å². The van der Waals surface area contributed by atoms with Gasteiger partial charge in [0.15, 0.2) is 17.6 Å². The fourth-order valence-electron chi connectivity index (χ4n) is 2.49. The molecule has 0 spiro atoms. The van der Waals surface area contributed by atoms with Crippen molar-refractivity contribution in [3.63, 3.8) is 0 Å². The van der Waals surface area contributed by atoms with Crippen molar-refractivity contribution in [3.05, 3.63) is 48.0 Å². The highest BCUT2D eigenvalue weighted by molar-refractivity contribution is 5.95. The standard InChI is InChI=1S/C20H21NO6/c1-13-5-3-4-6-16(13)24-10-9-19(22)27-14(2)20(23)21-15-7-8-17-18(11-15)26-12-25-17/h3-8,11,14H,9-10,12H2,1-2H3,(H,21,23)/t14-/m0/s1. The molecular formula is C20H21NO6. The Morgan fingerprint density at radius 1 is 1.15 bits per heavy atom. The molecule has 0 saturated heterocycles. The van der Waals surface area contributed by atoms with Gasteiger partial charge in [0.05, 0.1) is 13.0 Å². The molecular weight excluding hydrogens is 350 g/mol. The number of benzene rings is 2. The lowest BCUT2D eigenvalue weighted by Gasteiger charge is -2.14. The van der Waals surface area contributed by atoms with Crippen LogP contribution in [-0.2, 0) is 14.3 Å². The minimum absolute atomic E-state index is 0.0516. The van der Waals surface area contributed by atoms with Crippen LogP contribution in [0.4, 0.5) is 5.69 Å². The predicted molar refractivity (Wildman–Crippen MR) is 98.0 cm³/mol. The number of esters is 1. The van der Waals surface area contributed by atoms with Gasteiger partial charge in [-0.15, -0.1) is 0 Å². The predicted octanol–water partition coefficient (Wildman–Crippen LogP) is 3.06. The number of hydrogen-bond acceptors (Lipinski definition) is 6. The number of nitrogens with one attached hydrogen (secondary N) is 1. The Morgan fingerprint density at radius 3 is 2.74 bits per heavy atom. The van der Waals surface area contributed by atoms with E-state index in [-0.39, 0.29) is 19.8 Å². The van der Waals surface area contributed by atoms with Gasteiger partial charge in [0.25, 0.3) is 5.91 Å². The van der Waals surface area contributed by atoms with E-state index in [9.17, 15) is 9.59 Å². The largest absolute Gasteiger partial charge is 0.493 e. The van der Waals surface area contributed by atoms with Gasteiger partial charge >= 0.3 is 5.97 Å². The summed E-state index contributed by atoms with van der Waals surface area (Å²) in [6.45, 7) is 3.78. The molecule has 1 amide bonds. The number of carbonyl (C=O) groups excluding carboxylic acids is 2. The minimum atomic E-state index is -0.929. The first-order valence-electron chi connectivity index (χ1n) is 8.61. The first-order chi connectivity index (χ1) is 13.0. The molecule has 7 heteroatoms. The van der Waals surface area contributed by atoms with Crippen LogP contribution >= 0.6 is 0 Å². The molecule has 27 heavy (non-hydrogen) atoms. The second-order valence-corrected chi connectivity index (χ2v) is 6.05. The highest BCUT2D eigenvalue weighted by Gasteiger charge is 2.20. The summed E-state index contributed by atoms with van der Waals surface area (Å²) in [4.78, 5) is 24.1. The third kappa shape index (κ3) is 4.91. The van der Waals surface area contributed by atoms with Crippen LogP contribution in [0.5, 0.6) is 17.2 Å². The summed E-state index contributed by atoms with van der Waals surface area (Å²) < 4.78 is 21.2. The zero-order chi connectivity index (χ0) is 19.2. The topological polar surface area (TPSA) is 83.1 Å². The van der Waals surface area contributed by atoms with Gasteiger partial charge in [0.1, 0.15) is 5.75 Å². The Bertz CT molecular complexity index is 835. The second-order valence-electron chi connectivity index (χ2n) is 6.05. The summed E-state index contributed by atoms with van der Waals surface area (Å²) in [5, 5.41) is 2.68. The van der Waals surface area contributed by atoms with Gasteiger partial charge < -0.3 is 24.3 Å². The molecule has 1 aliphatic rings. The molecule has 1 heterocycles. The van der Waals surface area contributed by atoms with Gasteiger partial charge in [-0.2, -0.15) is 0 Å². The summed E-state index contributed by atoms with van der Waals surface area (Å²) >= 11 is 0. The monoisotopic (exact) mass is 371 g/mol. The Balaban J connectivity index is 1.43. The van der Waals surface area contributed by atoms with Crippen LogP contribution in [0.15, 0.2) is 42.5 Å². The average molecular weight is 371 g/mol. The summed E-state index contributed by atoms with van der Waals surface area (Å²) in [6.07, 6.45) is -0.878. The number of aryl methyl sites for hydroxylation is 1. The van der Waals surface area contributed by atoms with Crippen molar-refractivity contribution in [3.8, 4) is 17.2 Å². The lowest BCUT2D eigenvalue weighted by Crippen LogP contribution is -2.30. The van der Waals surface area contributed by atoms with Crippen LogP contribution in [0.2, 0.25) is 0 Å². The van der Waals surface area contributed by atoms with Crippen molar-refractivity contribution in [2.24, 2.45) is 0 Å². The van der Waals surface area contributed by atoms with Crippen LogP contribution in [0.1, 0.15) is 18.9 Å². The molecule has 1 N–H and O–H groups in total. The zero-order valence-electron chi connectivity index (χ0n) is 15.2. The van der Waals surface area contributed by atoms with Gasteiger partial charge in [-0.05, 0) is 37.6 Å². The molecule has 1 aliphatic heterocycles. The molecule has 0 fully saturated rings. The summed E-state index contributed by atoms with van der Waals surface area (Å²) in [5.74, 6) is 0.977. The smallest absolute Gasteiger partial charge is 0.310 e. The Labute approximate surface area is 157 Å². The maximum Gasteiger partial charge on any atom is 0.310 e. The van der Waals surface area contributed by atoms with E-state index >= 15 is 0 Å². The molecule has 3 rings (SSSR count). The Hall–Kier alpha value is -3.22. The van der Waals surface area contributed by atoms with Crippen molar-refractivity contribution in [2.75, 3.05) is 18.7 Å². The average Bonchev–Trinajstić information content (AvgIpc) is 3.11. The highest BCUT2D eigenvalue weighted by atomic mass is 16.7. The quantitative estimate of drug-likeness (QED) is 0.753. The lowest BCUT2D eigenvalue weighted by molar-refractivity contribution is -0.153. The number of carbonyl (C=O) groups is 2. The number of hydrogen-bond donors (Lipinski definition) is 1. The fraction of sp³-hybridized carbons (Fsp3) is 0.300. The third-order valence-corrected chi connectivity index (χ3v) is 3.97. The van der Waals surface area contributed by atoms with Gasteiger partial charge in [0.2, 0.25) is 6.79 Å². The van der Waals surface area contributed by atoms with E-state index in [1.807, 2.05) is 31.2 Å². The van der Waals surface area contributed by atoms with Crippen LogP contribution in [0.3, 0.4) is 0 Å². The van der Waals surface area contributed by atoms with Crippen LogP contribution in [0, 0.1) is 6.92 Å². The van der Waals surface area contributed by atoms with Gasteiger partial charge in [-0.1, -0.05) is 18.2 Å².